The average Bonchev–Trinajstić information content (AvgIpc) is 2.66. The SMILES string of the molecule is CCOc1cc(/C=C/C(=O)c2ccc(NC(=O)NC(C)C)cc2)cc(Cl)c1OC. The molecule has 154 valence electrons. The second kappa shape index (κ2) is 10.5. The number of hydrogen-bond acceptors (Lipinski definition) is 4. The molecule has 0 aliphatic carbocycles. The maximum absolute atomic E-state index is 12.4. The molecule has 0 saturated heterocycles. The first-order valence-electron chi connectivity index (χ1n) is 9.24. The van der Waals surface area contributed by atoms with Gasteiger partial charge in [0.2, 0.25) is 0 Å². The third-order valence-electron chi connectivity index (χ3n) is 3.81. The third kappa shape index (κ3) is 6.54. The van der Waals surface area contributed by atoms with E-state index in [1.807, 2.05) is 20.8 Å². The van der Waals surface area contributed by atoms with Crippen molar-refractivity contribution in [2.75, 3.05) is 19.0 Å². The van der Waals surface area contributed by atoms with Crippen LogP contribution in [0, 0.1) is 0 Å². The summed E-state index contributed by atoms with van der Waals surface area (Å²) in [5.41, 5.74) is 1.82. The monoisotopic (exact) mass is 416 g/mol. The molecule has 0 fully saturated rings. The number of urea groups is 1. The van der Waals surface area contributed by atoms with Gasteiger partial charge in [0.1, 0.15) is 0 Å². The van der Waals surface area contributed by atoms with Crippen molar-refractivity contribution >= 4 is 35.2 Å². The van der Waals surface area contributed by atoms with E-state index >= 15 is 0 Å². The Balaban J connectivity index is 2.10. The Morgan fingerprint density at radius 1 is 1.17 bits per heavy atom. The van der Waals surface area contributed by atoms with Crippen molar-refractivity contribution in [2.24, 2.45) is 0 Å². The number of allylic oxidation sites excluding steroid dienone is 1. The Kier molecular flexibility index (Phi) is 8.09. The number of nitrogens with one attached hydrogen (secondary N) is 2. The number of methoxy groups -OCH3 is 1. The molecule has 0 unspecified atom stereocenters. The van der Waals surface area contributed by atoms with Crippen molar-refractivity contribution in [1.29, 1.82) is 0 Å². The molecule has 2 aromatic carbocycles. The summed E-state index contributed by atoms with van der Waals surface area (Å²) in [7, 11) is 1.52. The number of rotatable bonds is 8. The summed E-state index contributed by atoms with van der Waals surface area (Å²) in [6, 6.07) is 9.88. The van der Waals surface area contributed by atoms with E-state index in [0.29, 0.717) is 34.4 Å². The van der Waals surface area contributed by atoms with Gasteiger partial charge in [0, 0.05) is 17.3 Å². The zero-order valence-electron chi connectivity index (χ0n) is 16.9. The molecule has 0 aliphatic heterocycles. The van der Waals surface area contributed by atoms with Crippen LogP contribution in [0.4, 0.5) is 10.5 Å². The number of halogens is 1. The van der Waals surface area contributed by atoms with Crippen LogP contribution < -0.4 is 20.1 Å². The van der Waals surface area contributed by atoms with Gasteiger partial charge in [-0.3, -0.25) is 4.79 Å². The second-order valence-electron chi connectivity index (χ2n) is 6.50. The van der Waals surface area contributed by atoms with Crippen molar-refractivity contribution in [3.63, 3.8) is 0 Å². The number of hydrogen-bond donors (Lipinski definition) is 2. The predicted octanol–water partition coefficient (Wildman–Crippen LogP) is 5.17. The Bertz CT molecular complexity index is 892. The molecule has 2 N–H and O–H groups in total. The maximum Gasteiger partial charge on any atom is 0.319 e. The molecule has 2 amide bonds. The van der Waals surface area contributed by atoms with Gasteiger partial charge in [0.25, 0.3) is 0 Å². The lowest BCUT2D eigenvalue weighted by molar-refractivity contribution is 0.104. The number of anilines is 1. The van der Waals surface area contributed by atoms with Gasteiger partial charge < -0.3 is 20.1 Å². The lowest BCUT2D eigenvalue weighted by Gasteiger charge is -2.11. The number of ether oxygens (including phenoxy) is 2. The molecule has 0 atom stereocenters. The minimum atomic E-state index is -0.291. The lowest BCUT2D eigenvalue weighted by Crippen LogP contribution is -2.34. The van der Waals surface area contributed by atoms with Crippen LogP contribution in [0.5, 0.6) is 11.5 Å². The Hall–Kier alpha value is -2.99. The molecule has 0 aromatic heterocycles. The Morgan fingerprint density at radius 3 is 2.45 bits per heavy atom. The Morgan fingerprint density at radius 2 is 1.86 bits per heavy atom. The van der Waals surface area contributed by atoms with E-state index < -0.39 is 0 Å². The standard InChI is InChI=1S/C22H25ClN2O4/c1-5-29-20-13-15(12-18(23)21(20)28-4)6-11-19(26)16-7-9-17(10-8-16)25-22(27)24-14(2)3/h6-14H,5H2,1-4H3,(H2,24,25,27)/b11-6+. The molecule has 0 bridgehead atoms. The van der Waals surface area contributed by atoms with Crippen LogP contribution in [0.3, 0.4) is 0 Å². The minimum absolute atomic E-state index is 0.0377. The van der Waals surface area contributed by atoms with Crippen LogP contribution >= 0.6 is 11.6 Å². The summed E-state index contributed by atoms with van der Waals surface area (Å²) in [4.78, 5) is 24.2. The number of carbonyl (C=O) groups excluding carboxylic acids is 2. The van der Waals surface area contributed by atoms with Crippen molar-refractivity contribution in [2.45, 2.75) is 26.8 Å². The van der Waals surface area contributed by atoms with Gasteiger partial charge in [-0.2, -0.15) is 0 Å². The molecule has 6 nitrogen and oxygen atoms in total. The zero-order valence-corrected chi connectivity index (χ0v) is 17.7. The van der Waals surface area contributed by atoms with E-state index in [0.717, 1.165) is 5.56 Å². The summed E-state index contributed by atoms with van der Waals surface area (Å²) < 4.78 is 10.8. The molecule has 0 spiro atoms. The number of benzene rings is 2. The molecule has 0 radical (unpaired) electrons. The molecule has 0 heterocycles. The van der Waals surface area contributed by atoms with Crippen LogP contribution in [-0.4, -0.2) is 31.6 Å². The van der Waals surface area contributed by atoms with E-state index in [2.05, 4.69) is 10.6 Å². The van der Waals surface area contributed by atoms with Crippen molar-refractivity contribution < 1.29 is 19.1 Å². The van der Waals surface area contributed by atoms with E-state index in [4.69, 9.17) is 21.1 Å². The van der Waals surface area contributed by atoms with Crippen molar-refractivity contribution in [3.8, 4) is 11.5 Å². The zero-order chi connectivity index (χ0) is 21.4. The average molecular weight is 417 g/mol. The van der Waals surface area contributed by atoms with Gasteiger partial charge in [-0.25, -0.2) is 4.79 Å². The summed E-state index contributed by atoms with van der Waals surface area (Å²) in [5, 5.41) is 5.85. The lowest BCUT2D eigenvalue weighted by atomic mass is 10.1. The largest absolute Gasteiger partial charge is 0.491 e. The van der Waals surface area contributed by atoms with Crippen LogP contribution in [0.1, 0.15) is 36.7 Å². The number of carbonyl (C=O) groups is 2. The minimum Gasteiger partial charge on any atom is -0.491 e. The van der Waals surface area contributed by atoms with Crippen molar-refractivity contribution in [1.82, 2.24) is 5.32 Å². The van der Waals surface area contributed by atoms with Gasteiger partial charge in [0.15, 0.2) is 17.3 Å². The van der Waals surface area contributed by atoms with Gasteiger partial charge in [-0.1, -0.05) is 17.7 Å². The van der Waals surface area contributed by atoms with Crippen LogP contribution in [0.2, 0.25) is 5.02 Å². The smallest absolute Gasteiger partial charge is 0.319 e. The molecule has 0 saturated carbocycles. The molecule has 2 aromatic rings. The first-order valence-corrected chi connectivity index (χ1v) is 9.62. The fourth-order valence-corrected chi connectivity index (χ4v) is 2.86. The second-order valence-corrected chi connectivity index (χ2v) is 6.90. The highest BCUT2D eigenvalue weighted by Crippen LogP contribution is 2.36. The first kappa shape index (κ1) is 22.3. The molecule has 7 heteroatoms. The quantitative estimate of drug-likeness (QED) is 0.459. The highest BCUT2D eigenvalue weighted by molar-refractivity contribution is 6.32. The van der Waals surface area contributed by atoms with Crippen molar-refractivity contribution in [3.05, 3.63) is 58.6 Å². The maximum atomic E-state index is 12.4. The van der Waals surface area contributed by atoms with E-state index in [1.54, 1.807) is 42.5 Å². The molecular formula is C22H25ClN2O4. The van der Waals surface area contributed by atoms with Gasteiger partial charge in [0.05, 0.1) is 18.7 Å². The fraction of sp³-hybridized carbons (Fsp3) is 0.273. The highest BCUT2D eigenvalue weighted by atomic mass is 35.5. The van der Waals surface area contributed by atoms with E-state index in [1.165, 1.54) is 13.2 Å². The third-order valence-corrected chi connectivity index (χ3v) is 4.09. The van der Waals surface area contributed by atoms with E-state index in [9.17, 15) is 9.59 Å². The van der Waals surface area contributed by atoms with E-state index in [-0.39, 0.29) is 17.9 Å². The predicted molar refractivity (Wildman–Crippen MR) is 116 cm³/mol. The van der Waals surface area contributed by atoms with Crippen LogP contribution in [0.15, 0.2) is 42.5 Å². The molecule has 0 aliphatic rings. The summed E-state index contributed by atoms with van der Waals surface area (Å²) >= 11 is 6.23. The van der Waals surface area contributed by atoms with Crippen LogP contribution in [0.25, 0.3) is 6.08 Å². The first-order chi connectivity index (χ1) is 13.8. The molecule has 2 rings (SSSR count). The molecule has 29 heavy (non-hydrogen) atoms. The topological polar surface area (TPSA) is 76.7 Å². The fourth-order valence-electron chi connectivity index (χ4n) is 2.56. The van der Waals surface area contributed by atoms with Gasteiger partial charge in [-0.05, 0) is 68.8 Å². The van der Waals surface area contributed by atoms with Crippen LogP contribution in [-0.2, 0) is 0 Å². The summed E-state index contributed by atoms with van der Waals surface area (Å²) in [6.07, 6.45) is 3.13. The van der Waals surface area contributed by atoms with Gasteiger partial charge in [-0.15, -0.1) is 0 Å². The number of amides is 2. The Labute approximate surface area is 175 Å². The molecular weight excluding hydrogens is 392 g/mol. The summed E-state index contributed by atoms with van der Waals surface area (Å²) in [5.74, 6) is 0.805. The number of ketones is 1. The highest BCUT2D eigenvalue weighted by Gasteiger charge is 2.11. The summed E-state index contributed by atoms with van der Waals surface area (Å²) in [6.45, 7) is 6.08. The van der Waals surface area contributed by atoms with Gasteiger partial charge >= 0.3 is 6.03 Å². The normalized spacial score (nSPS) is 10.8.